The van der Waals surface area contributed by atoms with E-state index in [9.17, 15) is 0 Å². The van der Waals surface area contributed by atoms with Gasteiger partial charge >= 0.3 is 0 Å². The monoisotopic (exact) mass is 904 g/mol. The molecule has 330 valence electrons. The Morgan fingerprint density at radius 3 is 1.87 bits per heavy atom. The zero-order valence-electron chi connectivity index (χ0n) is 39.0. The first-order chi connectivity index (χ1) is 33.9. The van der Waals surface area contributed by atoms with Gasteiger partial charge in [0.1, 0.15) is 17.1 Å². The lowest BCUT2D eigenvalue weighted by Crippen LogP contribution is -2.22. The standard InChI is InChI=1S/C64H48N2O2Si/c1-40-26-32-48-52(34-40)53-38-56-50-33-29-45(65(43-18-9-6-10-19-43)44-27-30-46(31-28-44)69(3)4)37-61(50)67-62-36-41(2)35-55(63(56)62)54(53)39-59(48)66(57-23-13-11-20-47(57)42-16-7-5-8-17-42)58-24-15-22-51-49-21-12-14-25-60(49)68-64(51)58/h5-39,69H,1-4H3. The second-order valence-corrected chi connectivity index (χ2v) is 21.8. The number of aryl methyl sites for hydroxylation is 2. The fraction of sp³-hybridized carbons (Fsp3) is 0.0625. The summed E-state index contributed by atoms with van der Waals surface area (Å²) in [5.41, 5.74) is 14.9. The highest BCUT2D eigenvalue weighted by molar-refractivity contribution is 6.70. The Morgan fingerprint density at radius 1 is 0.377 bits per heavy atom. The number of rotatable bonds is 8. The Morgan fingerprint density at radius 2 is 1.04 bits per heavy atom. The number of furan rings is 1. The van der Waals surface area contributed by atoms with Gasteiger partial charge in [0.05, 0.1) is 25.9 Å². The molecule has 1 aromatic heterocycles. The van der Waals surface area contributed by atoms with Crippen LogP contribution >= 0.6 is 0 Å². The molecule has 0 aliphatic carbocycles. The van der Waals surface area contributed by atoms with Crippen LogP contribution in [0.3, 0.4) is 0 Å². The van der Waals surface area contributed by atoms with Gasteiger partial charge in [-0.1, -0.05) is 157 Å². The van der Waals surface area contributed by atoms with Crippen LogP contribution in [0.1, 0.15) is 11.1 Å². The molecule has 0 saturated carbocycles. The number of hydrogen-bond acceptors (Lipinski definition) is 4. The zero-order valence-corrected chi connectivity index (χ0v) is 40.2. The van der Waals surface area contributed by atoms with E-state index >= 15 is 0 Å². The van der Waals surface area contributed by atoms with Gasteiger partial charge in [-0.15, -0.1) is 0 Å². The molecule has 13 rings (SSSR count). The molecule has 0 unspecified atom stereocenters. The molecule has 1 aliphatic rings. The van der Waals surface area contributed by atoms with Gasteiger partial charge in [0, 0.05) is 55.8 Å². The van der Waals surface area contributed by atoms with Crippen molar-refractivity contribution < 1.29 is 9.15 Å². The third-order valence-electron chi connectivity index (χ3n) is 14.1. The summed E-state index contributed by atoms with van der Waals surface area (Å²) < 4.78 is 14.0. The molecule has 0 radical (unpaired) electrons. The SMILES string of the molecule is Cc1ccc2c(N(c3ccccc3-c3ccccc3)c3cccc4c3oc3ccccc34)cc3c4cc(C)cc5c4c(cc3c2c1)-c1ccc(N(c2ccccc2)c2ccc([SiH](C)C)cc2)cc1O5. The lowest BCUT2D eigenvalue weighted by Gasteiger charge is -2.30. The maximum atomic E-state index is 7.11. The Balaban J connectivity index is 1.07. The van der Waals surface area contributed by atoms with Crippen LogP contribution in [0.4, 0.5) is 34.1 Å². The maximum Gasteiger partial charge on any atom is 0.159 e. The number of fused-ring (bicyclic) bond motifs is 9. The third kappa shape index (κ3) is 6.72. The van der Waals surface area contributed by atoms with Crippen molar-refractivity contribution in [2.45, 2.75) is 26.9 Å². The van der Waals surface area contributed by atoms with Gasteiger partial charge in [-0.25, -0.2) is 0 Å². The molecule has 0 fully saturated rings. The van der Waals surface area contributed by atoms with E-state index < -0.39 is 8.80 Å². The first-order valence-electron chi connectivity index (χ1n) is 23.9. The van der Waals surface area contributed by atoms with Crippen LogP contribution in [0, 0.1) is 13.8 Å². The van der Waals surface area contributed by atoms with Crippen molar-refractivity contribution in [2.24, 2.45) is 0 Å². The summed E-state index contributed by atoms with van der Waals surface area (Å²) in [4.78, 5) is 4.78. The van der Waals surface area contributed by atoms with Crippen LogP contribution in [-0.2, 0) is 0 Å². The molecule has 69 heavy (non-hydrogen) atoms. The van der Waals surface area contributed by atoms with Crippen molar-refractivity contribution in [3.05, 3.63) is 223 Å². The molecule has 4 nitrogen and oxygen atoms in total. The molecule has 12 aromatic rings. The molecule has 0 bridgehead atoms. The van der Waals surface area contributed by atoms with Crippen LogP contribution in [-0.4, -0.2) is 8.80 Å². The Labute approximate surface area is 403 Å². The predicted molar refractivity (Wildman–Crippen MR) is 295 cm³/mol. The quantitative estimate of drug-likeness (QED) is 0.112. The average molecular weight is 905 g/mol. The van der Waals surface area contributed by atoms with E-state index in [4.69, 9.17) is 9.15 Å². The number of nitrogens with zero attached hydrogens (tertiary/aromatic N) is 2. The van der Waals surface area contributed by atoms with Gasteiger partial charge in [-0.2, -0.15) is 0 Å². The fourth-order valence-corrected chi connectivity index (χ4v) is 11.8. The number of anilines is 6. The number of ether oxygens (including phenoxy) is 1. The highest BCUT2D eigenvalue weighted by Crippen LogP contribution is 2.54. The minimum Gasteiger partial charge on any atom is -0.456 e. The summed E-state index contributed by atoms with van der Waals surface area (Å²) in [6, 6.07) is 77.2. The smallest absolute Gasteiger partial charge is 0.159 e. The first-order valence-corrected chi connectivity index (χ1v) is 26.8. The molecule has 0 N–H and O–H groups in total. The number of benzene rings is 11. The van der Waals surface area contributed by atoms with E-state index in [-0.39, 0.29) is 0 Å². The van der Waals surface area contributed by atoms with E-state index in [0.717, 1.165) is 111 Å². The summed E-state index contributed by atoms with van der Waals surface area (Å²) in [7, 11) is -0.951. The normalized spacial score (nSPS) is 12.0. The predicted octanol–water partition coefficient (Wildman–Crippen LogP) is 17.7. The van der Waals surface area contributed by atoms with E-state index in [1.54, 1.807) is 0 Å². The molecule has 5 heteroatoms. The van der Waals surface area contributed by atoms with Crippen molar-refractivity contribution >= 4 is 102 Å². The van der Waals surface area contributed by atoms with E-state index in [1.165, 1.54) is 27.1 Å². The minimum atomic E-state index is -0.951. The van der Waals surface area contributed by atoms with Gasteiger partial charge < -0.3 is 19.0 Å². The van der Waals surface area contributed by atoms with Crippen molar-refractivity contribution in [3.63, 3.8) is 0 Å². The number of para-hydroxylation sites is 4. The summed E-state index contributed by atoms with van der Waals surface area (Å²) in [5, 5.41) is 10.6. The second-order valence-electron chi connectivity index (χ2n) is 18.8. The lowest BCUT2D eigenvalue weighted by atomic mass is 9.87. The maximum absolute atomic E-state index is 7.11. The Bertz CT molecular complexity index is 3990. The number of hydrogen-bond donors (Lipinski definition) is 0. The minimum absolute atomic E-state index is 0.845. The summed E-state index contributed by atoms with van der Waals surface area (Å²) in [6.07, 6.45) is 0. The molecule has 2 heterocycles. The lowest BCUT2D eigenvalue weighted by molar-refractivity contribution is 0.487. The highest BCUT2D eigenvalue weighted by Gasteiger charge is 2.28. The third-order valence-corrected chi connectivity index (χ3v) is 15.8. The van der Waals surface area contributed by atoms with Crippen molar-refractivity contribution in [3.8, 4) is 33.8 Å². The molecule has 0 saturated heterocycles. The van der Waals surface area contributed by atoms with E-state index in [2.05, 4.69) is 243 Å². The fourth-order valence-electron chi connectivity index (χ4n) is 10.8. The van der Waals surface area contributed by atoms with Crippen molar-refractivity contribution in [2.75, 3.05) is 9.80 Å². The largest absolute Gasteiger partial charge is 0.456 e. The topological polar surface area (TPSA) is 28.9 Å². The molecule has 11 aromatic carbocycles. The van der Waals surface area contributed by atoms with Crippen LogP contribution in [0.25, 0.3) is 76.5 Å². The molecule has 1 aliphatic heterocycles. The first kappa shape index (κ1) is 40.9. The second kappa shape index (κ2) is 16.2. The van der Waals surface area contributed by atoms with E-state index in [0.29, 0.717) is 0 Å². The van der Waals surface area contributed by atoms with Crippen LogP contribution in [0.5, 0.6) is 11.5 Å². The molecular weight excluding hydrogens is 857 g/mol. The zero-order chi connectivity index (χ0) is 46.3. The van der Waals surface area contributed by atoms with Crippen LogP contribution in [0.15, 0.2) is 217 Å². The van der Waals surface area contributed by atoms with Gasteiger partial charge in [0.2, 0.25) is 0 Å². The van der Waals surface area contributed by atoms with Gasteiger partial charge in [0.15, 0.2) is 5.58 Å². The Kier molecular flexibility index (Phi) is 9.56. The Hall–Kier alpha value is -8.38. The summed E-state index contributed by atoms with van der Waals surface area (Å²) in [5.74, 6) is 1.71. The molecule has 0 spiro atoms. The van der Waals surface area contributed by atoms with Gasteiger partial charge in [-0.3, -0.25) is 0 Å². The van der Waals surface area contributed by atoms with Crippen molar-refractivity contribution in [1.29, 1.82) is 0 Å². The van der Waals surface area contributed by atoms with Crippen LogP contribution in [0.2, 0.25) is 13.1 Å². The molecular formula is C64H48N2O2Si. The van der Waals surface area contributed by atoms with E-state index in [1.807, 2.05) is 6.07 Å². The molecule has 0 atom stereocenters. The van der Waals surface area contributed by atoms with Crippen LogP contribution < -0.4 is 19.7 Å². The van der Waals surface area contributed by atoms with Gasteiger partial charge in [-0.05, 0) is 125 Å². The summed E-state index contributed by atoms with van der Waals surface area (Å²) >= 11 is 0. The van der Waals surface area contributed by atoms with Gasteiger partial charge in [0.25, 0.3) is 0 Å². The molecule has 0 amide bonds. The highest BCUT2D eigenvalue weighted by atomic mass is 28.3. The average Bonchev–Trinajstić information content (AvgIpc) is 3.77. The van der Waals surface area contributed by atoms with Crippen molar-refractivity contribution in [1.82, 2.24) is 0 Å². The summed E-state index contributed by atoms with van der Waals surface area (Å²) in [6.45, 7) is 9.14.